The van der Waals surface area contributed by atoms with E-state index in [9.17, 15) is 4.79 Å². The van der Waals surface area contributed by atoms with Gasteiger partial charge in [0.2, 0.25) is 5.91 Å². The molecule has 116 valence electrons. The lowest BCUT2D eigenvalue weighted by Crippen LogP contribution is -2.58. The third-order valence-electron chi connectivity index (χ3n) is 4.99. The summed E-state index contributed by atoms with van der Waals surface area (Å²) in [4.78, 5) is 14.5. The van der Waals surface area contributed by atoms with Crippen LogP contribution in [0.2, 0.25) is 0 Å². The maximum absolute atomic E-state index is 11.8. The first-order chi connectivity index (χ1) is 9.77. The number of nitrogens with zero attached hydrogens (tertiary/aromatic N) is 1. The molecule has 20 heavy (non-hydrogen) atoms. The first-order valence-corrected chi connectivity index (χ1v) is 8.39. The van der Waals surface area contributed by atoms with Crippen molar-refractivity contribution in [2.75, 3.05) is 26.2 Å². The number of amides is 1. The molecule has 2 fully saturated rings. The van der Waals surface area contributed by atoms with Crippen molar-refractivity contribution in [3.05, 3.63) is 0 Å². The van der Waals surface area contributed by atoms with Gasteiger partial charge in [0.25, 0.3) is 0 Å². The molecule has 0 bridgehead atoms. The quantitative estimate of drug-likeness (QED) is 0.784. The number of hydrogen-bond donors (Lipinski definition) is 2. The van der Waals surface area contributed by atoms with Crippen molar-refractivity contribution < 1.29 is 9.90 Å². The second-order valence-corrected chi connectivity index (χ2v) is 6.44. The summed E-state index contributed by atoms with van der Waals surface area (Å²) in [7, 11) is 0. The number of carbonyl (C=O) groups excluding carboxylic acids is 1. The molecule has 2 aliphatic rings. The van der Waals surface area contributed by atoms with Crippen LogP contribution in [0, 0.1) is 0 Å². The monoisotopic (exact) mass is 282 g/mol. The van der Waals surface area contributed by atoms with Crippen molar-refractivity contribution in [3.8, 4) is 0 Å². The SMILES string of the molecule is O=C(CCCO)NCC1(N2CCCCC2)CCCCC1. The molecule has 4 nitrogen and oxygen atoms in total. The van der Waals surface area contributed by atoms with Gasteiger partial charge in [-0.05, 0) is 45.2 Å². The molecule has 1 heterocycles. The van der Waals surface area contributed by atoms with Crippen LogP contribution in [-0.2, 0) is 4.79 Å². The summed E-state index contributed by atoms with van der Waals surface area (Å²) in [5, 5.41) is 11.9. The number of nitrogens with one attached hydrogen (secondary N) is 1. The summed E-state index contributed by atoms with van der Waals surface area (Å²) in [6.07, 6.45) is 11.4. The summed E-state index contributed by atoms with van der Waals surface area (Å²) in [5.74, 6) is 0.0982. The van der Waals surface area contributed by atoms with Crippen molar-refractivity contribution in [3.63, 3.8) is 0 Å². The van der Waals surface area contributed by atoms with E-state index in [0.717, 1.165) is 6.54 Å². The van der Waals surface area contributed by atoms with Crippen LogP contribution in [0.3, 0.4) is 0 Å². The van der Waals surface area contributed by atoms with E-state index in [1.54, 1.807) is 0 Å². The number of aliphatic hydroxyl groups is 1. The Morgan fingerprint density at radius 1 is 1.05 bits per heavy atom. The van der Waals surface area contributed by atoms with E-state index in [1.807, 2.05) is 0 Å². The van der Waals surface area contributed by atoms with Gasteiger partial charge in [0.15, 0.2) is 0 Å². The number of carbonyl (C=O) groups is 1. The van der Waals surface area contributed by atoms with Gasteiger partial charge in [0.05, 0.1) is 0 Å². The Bertz CT molecular complexity index is 295. The fourth-order valence-electron chi connectivity index (χ4n) is 3.77. The largest absolute Gasteiger partial charge is 0.396 e. The fourth-order valence-corrected chi connectivity index (χ4v) is 3.77. The minimum atomic E-state index is 0.0982. The van der Waals surface area contributed by atoms with E-state index >= 15 is 0 Å². The molecular formula is C16H30N2O2. The average Bonchev–Trinajstić information content (AvgIpc) is 2.52. The Kier molecular flexibility index (Phi) is 6.30. The number of hydrogen-bond acceptors (Lipinski definition) is 3. The highest BCUT2D eigenvalue weighted by molar-refractivity contribution is 5.75. The molecule has 0 aromatic rings. The minimum absolute atomic E-state index is 0.0982. The lowest BCUT2D eigenvalue weighted by atomic mass is 9.79. The molecular weight excluding hydrogens is 252 g/mol. The van der Waals surface area contributed by atoms with E-state index in [-0.39, 0.29) is 18.1 Å². The molecule has 1 amide bonds. The van der Waals surface area contributed by atoms with Gasteiger partial charge in [-0.3, -0.25) is 9.69 Å². The topological polar surface area (TPSA) is 52.6 Å². The Hall–Kier alpha value is -0.610. The average molecular weight is 282 g/mol. The predicted molar refractivity (Wildman–Crippen MR) is 80.6 cm³/mol. The second-order valence-electron chi connectivity index (χ2n) is 6.44. The van der Waals surface area contributed by atoms with E-state index in [4.69, 9.17) is 5.11 Å². The molecule has 0 spiro atoms. The smallest absolute Gasteiger partial charge is 0.220 e. The van der Waals surface area contributed by atoms with Gasteiger partial charge in [-0.1, -0.05) is 25.7 Å². The van der Waals surface area contributed by atoms with Gasteiger partial charge >= 0.3 is 0 Å². The van der Waals surface area contributed by atoms with E-state index < -0.39 is 0 Å². The Balaban J connectivity index is 1.90. The van der Waals surface area contributed by atoms with E-state index in [1.165, 1.54) is 64.5 Å². The summed E-state index contributed by atoms with van der Waals surface area (Å²) in [5.41, 5.74) is 0.216. The van der Waals surface area contributed by atoms with Crippen molar-refractivity contribution >= 4 is 5.91 Å². The molecule has 0 radical (unpaired) electrons. The molecule has 1 aliphatic heterocycles. The molecule has 0 aromatic heterocycles. The highest BCUT2D eigenvalue weighted by atomic mass is 16.3. The number of piperidine rings is 1. The zero-order valence-electron chi connectivity index (χ0n) is 12.7. The molecule has 1 saturated heterocycles. The van der Waals surface area contributed by atoms with Gasteiger partial charge in [-0.2, -0.15) is 0 Å². The van der Waals surface area contributed by atoms with Crippen LogP contribution in [-0.4, -0.2) is 47.7 Å². The highest BCUT2D eigenvalue weighted by Crippen LogP contribution is 2.35. The molecule has 2 rings (SSSR count). The van der Waals surface area contributed by atoms with Crippen LogP contribution >= 0.6 is 0 Å². The van der Waals surface area contributed by atoms with Crippen molar-refractivity contribution in [2.24, 2.45) is 0 Å². The maximum Gasteiger partial charge on any atom is 0.220 e. The maximum atomic E-state index is 11.8. The van der Waals surface area contributed by atoms with Crippen LogP contribution in [0.5, 0.6) is 0 Å². The van der Waals surface area contributed by atoms with Crippen molar-refractivity contribution in [1.82, 2.24) is 10.2 Å². The van der Waals surface area contributed by atoms with Gasteiger partial charge in [0, 0.05) is 25.1 Å². The van der Waals surface area contributed by atoms with Crippen molar-refractivity contribution in [2.45, 2.75) is 69.7 Å². The third kappa shape index (κ3) is 4.19. The molecule has 4 heteroatoms. The number of rotatable bonds is 6. The third-order valence-corrected chi connectivity index (χ3v) is 4.99. The summed E-state index contributed by atoms with van der Waals surface area (Å²) < 4.78 is 0. The lowest BCUT2D eigenvalue weighted by Gasteiger charge is -2.48. The zero-order chi connectivity index (χ0) is 14.3. The lowest BCUT2D eigenvalue weighted by molar-refractivity contribution is -0.122. The fraction of sp³-hybridized carbons (Fsp3) is 0.938. The van der Waals surface area contributed by atoms with Crippen LogP contribution in [0.1, 0.15) is 64.2 Å². The van der Waals surface area contributed by atoms with Gasteiger partial charge < -0.3 is 10.4 Å². The van der Waals surface area contributed by atoms with Crippen molar-refractivity contribution in [1.29, 1.82) is 0 Å². The Morgan fingerprint density at radius 3 is 2.35 bits per heavy atom. The first kappa shape index (κ1) is 15.8. The summed E-state index contributed by atoms with van der Waals surface area (Å²) >= 11 is 0. The molecule has 0 unspecified atom stereocenters. The Labute approximate surface area is 122 Å². The molecule has 1 aliphatic carbocycles. The van der Waals surface area contributed by atoms with Crippen LogP contribution in [0.4, 0.5) is 0 Å². The van der Waals surface area contributed by atoms with Crippen LogP contribution in [0.25, 0.3) is 0 Å². The highest BCUT2D eigenvalue weighted by Gasteiger charge is 2.38. The van der Waals surface area contributed by atoms with E-state index in [2.05, 4.69) is 10.2 Å². The standard InChI is InChI=1S/C16H30N2O2/c19-13-7-8-15(20)17-14-16(9-3-1-4-10-16)18-11-5-2-6-12-18/h19H,1-14H2,(H,17,20). The van der Waals surface area contributed by atoms with Gasteiger partial charge in [-0.25, -0.2) is 0 Å². The minimum Gasteiger partial charge on any atom is -0.396 e. The molecule has 0 aromatic carbocycles. The Morgan fingerprint density at radius 2 is 1.70 bits per heavy atom. The van der Waals surface area contributed by atoms with E-state index in [0.29, 0.717) is 12.8 Å². The van der Waals surface area contributed by atoms with Gasteiger partial charge in [-0.15, -0.1) is 0 Å². The molecule has 1 saturated carbocycles. The molecule has 2 N–H and O–H groups in total. The summed E-state index contributed by atoms with van der Waals surface area (Å²) in [6.45, 7) is 3.31. The number of likely N-dealkylation sites (tertiary alicyclic amines) is 1. The van der Waals surface area contributed by atoms with Crippen LogP contribution in [0.15, 0.2) is 0 Å². The zero-order valence-corrected chi connectivity index (χ0v) is 12.7. The number of aliphatic hydroxyl groups excluding tert-OH is 1. The predicted octanol–water partition coefficient (Wildman–Crippen LogP) is 2.06. The first-order valence-electron chi connectivity index (χ1n) is 8.39. The summed E-state index contributed by atoms with van der Waals surface area (Å²) in [6, 6.07) is 0. The molecule has 0 atom stereocenters. The second kappa shape index (κ2) is 7.99. The normalized spacial score (nSPS) is 23.4. The van der Waals surface area contributed by atoms with Gasteiger partial charge in [0.1, 0.15) is 0 Å². The van der Waals surface area contributed by atoms with Crippen LogP contribution < -0.4 is 5.32 Å².